The van der Waals surface area contributed by atoms with Crippen molar-refractivity contribution < 1.29 is 14.4 Å². The van der Waals surface area contributed by atoms with Gasteiger partial charge in [0.2, 0.25) is 5.78 Å². The summed E-state index contributed by atoms with van der Waals surface area (Å²) < 4.78 is 14.5. The van der Waals surface area contributed by atoms with Gasteiger partial charge < -0.3 is 9.84 Å². The van der Waals surface area contributed by atoms with Crippen LogP contribution in [0.5, 0.6) is 0 Å². The number of aliphatic hydroxyl groups excluding tert-OH is 1. The average molecular weight is 599 g/mol. The van der Waals surface area contributed by atoms with E-state index in [4.69, 9.17) is 19.3 Å². The second-order valence-corrected chi connectivity index (χ2v) is 11.8. The van der Waals surface area contributed by atoms with Crippen LogP contribution in [-0.4, -0.2) is 53.2 Å². The van der Waals surface area contributed by atoms with Gasteiger partial charge in [0.15, 0.2) is 5.82 Å². The first kappa shape index (κ1) is 29.7. The molecule has 0 atom stereocenters. The number of aryl methyl sites for hydroxylation is 2. The van der Waals surface area contributed by atoms with Crippen molar-refractivity contribution in [3.63, 3.8) is 0 Å². The standard InChI is InChI=1S/C33H38N6O5/c1-4-8-28-27(20-22-11-12-25(23-9-6-5-7-10-23)26(19-22)29-35-32(42)44-37-29)30(41)38(31-34-21(2)36-39(28)31)24-13-15-33(3,16-14-24)43-18-17-40/h5-7,9-12,19,24,40H,4,8,13-18,20H2,1-3H3,(H,35,37,42). The van der Waals surface area contributed by atoms with Crippen LogP contribution in [0, 0.1) is 6.92 Å². The number of aliphatic hydroxyl groups is 1. The van der Waals surface area contributed by atoms with Crippen molar-refractivity contribution in [3.8, 4) is 22.5 Å². The summed E-state index contributed by atoms with van der Waals surface area (Å²) in [4.78, 5) is 33.8. The van der Waals surface area contributed by atoms with E-state index in [9.17, 15) is 14.7 Å². The summed E-state index contributed by atoms with van der Waals surface area (Å²) in [5.74, 6) is 0.890. The average Bonchev–Trinajstić information content (AvgIpc) is 3.64. The van der Waals surface area contributed by atoms with Gasteiger partial charge in [-0.25, -0.2) is 9.31 Å². The number of rotatable bonds is 10. The molecular formula is C33H38N6O5. The molecule has 44 heavy (non-hydrogen) atoms. The Morgan fingerprint density at radius 1 is 1.11 bits per heavy atom. The highest BCUT2D eigenvalue weighted by Crippen LogP contribution is 2.37. The minimum absolute atomic E-state index is 0.0127. The number of nitrogens with zero attached hydrogens (tertiary/aromatic N) is 5. The third-order valence-corrected chi connectivity index (χ3v) is 8.64. The van der Waals surface area contributed by atoms with Gasteiger partial charge in [0.25, 0.3) is 5.56 Å². The Balaban J connectivity index is 1.45. The minimum atomic E-state index is -0.630. The van der Waals surface area contributed by atoms with Gasteiger partial charge in [0, 0.05) is 23.6 Å². The summed E-state index contributed by atoms with van der Waals surface area (Å²) in [6.07, 6.45) is 4.94. The molecule has 0 saturated heterocycles. The van der Waals surface area contributed by atoms with Crippen LogP contribution in [0.25, 0.3) is 28.3 Å². The molecule has 2 aromatic carbocycles. The zero-order valence-corrected chi connectivity index (χ0v) is 25.4. The Kier molecular flexibility index (Phi) is 8.33. The lowest BCUT2D eigenvalue weighted by molar-refractivity contribution is -0.0736. The lowest BCUT2D eigenvalue weighted by Gasteiger charge is -2.38. The van der Waals surface area contributed by atoms with Crippen molar-refractivity contribution in [3.05, 3.63) is 92.1 Å². The van der Waals surface area contributed by atoms with E-state index in [0.717, 1.165) is 54.5 Å². The third kappa shape index (κ3) is 5.77. The number of fused-ring (bicyclic) bond motifs is 1. The first-order chi connectivity index (χ1) is 21.3. The smallest absolute Gasteiger partial charge is 0.394 e. The summed E-state index contributed by atoms with van der Waals surface area (Å²) in [7, 11) is 0. The highest BCUT2D eigenvalue weighted by Gasteiger charge is 2.34. The number of ether oxygens (including phenoxy) is 1. The van der Waals surface area contributed by atoms with Gasteiger partial charge in [-0.2, -0.15) is 10.1 Å². The van der Waals surface area contributed by atoms with Gasteiger partial charge in [0.05, 0.1) is 24.5 Å². The van der Waals surface area contributed by atoms with Crippen LogP contribution in [0.15, 0.2) is 62.6 Å². The molecule has 0 amide bonds. The zero-order chi connectivity index (χ0) is 30.8. The Hall–Kier alpha value is -4.35. The Morgan fingerprint density at radius 2 is 1.89 bits per heavy atom. The first-order valence-corrected chi connectivity index (χ1v) is 15.3. The van der Waals surface area contributed by atoms with E-state index in [1.54, 1.807) is 0 Å². The molecule has 230 valence electrons. The van der Waals surface area contributed by atoms with Gasteiger partial charge in [0.1, 0.15) is 5.82 Å². The molecule has 0 aliphatic heterocycles. The van der Waals surface area contributed by atoms with Crippen LogP contribution < -0.4 is 11.3 Å². The van der Waals surface area contributed by atoms with Crippen LogP contribution in [-0.2, 0) is 17.6 Å². The summed E-state index contributed by atoms with van der Waals surface area (Å²) in [5, 5.41) is 18.0. The highest BCUT2D eigenvalue weighted by atomic mass is 16.5. The molecule has 3 heterocycles. The van der Waals surface area contributed by atoms with E-state index >= 15 is 0 Å². The Morgan fingerprint density at radius 3 is 2.57 bits per heavy atom. The molecule has 11 heteroatoms. The van der Waals surface area contributed by atoms with Crippen molar-refractivity contribution in [1.29, 1.82) is 0 Å². The van der Waals surface area contributed by atoms with Crippen molar-refractivity contribution >= 4 is 5.78 Å². The molecule has 11 nitrogen and oxygen atoms in total. The molecule has 5 aromatic rings. The van der Waals surface area contributed by atoms with Crippen molar-refractivity contribution in [2.24, 2.45) is 0 Å². The van der Waals surface area contributed by atoms with E-state index in [1.165, 1.54) is 0 Å². The van der Waals surface area contributed by atoms with Crippen LogP contribution in [0.3, 0.4) is 0 Å². The summed E-state index contributed by atoms with van der Waals surface area (Å²) in [6.45, 7) is 6.31. The molecule has 6 rings (SSSR count). The Bertz CT molecular complexity index is 1880. The van der Waals surface area contributed by atoms with E-state index in [2.05, 4.69) is 24.0 Å². The predicted molar refractivity (Wildman–Crippen MR) is 166 cm³/mol. The van der Waals surface area contributed by atoms with Crippen molar-refractivity contribution in [2.75, 3.05) is 13.2 Å². The minimum Gasteiger partial charge on any atom is -0.394 e. The first-order valence-electron chi connectivity index (χ1n) is 15.3. The number of aromatic amines is 1. The monoisotopic (exact) mass is 598 g/mol. The molecule has 0 spiro atoms. The largest absolute Gasteiger partial charge is 0.439 e. The fourth-order valence-electron chi connectivity index (χ4n) is 6.45. The maximum atomic E-state index is 14.5. The summed E-state index contributed by atoms with van der Waals surface area (Å²) in [5.41, 5.74) is 4.63. The number of aromatic nitrogens is 6. The van der Waals surface area contributed by atoms with E-state index in [0.29, 0.717) is 48.0 Å². The molecule has 0 unspecified atom stereocenters. The maximum absolute atomic E-state index is 14.5. The Labute approximate surface area is 254 Å². The molecule has 1 aliphatic rings. The zero-order valence-electron chi connectivity index (χ0n) is 25.4. The SMILES string of the molecule is CCCc1c(Cc2ccc(-c3ccccc3)c(-c3noc(=O)[nH]3)c2)c(=O)n(C2CCC(C)(OCCO)CC2)c2nc(C)nn12. The maximum Gasteiger partial charge on any atom is 0.439 e. The predicted octanol–water partition coefficient (Wildman–Crippen LogP) is 4.64. The molecule has 2 N–H and O–H groups in total. The molecule has 1 aliphatic carbocycles. The molecule has 3 aromatic heterocycles. The van der Waals surface area contributed by atoms with Gasteiger partial charge in [-0.15, -0.1) is 0 Å². The van der Waals surface area contributed by atoms with Crippen LogP contribution in [0.1, 0.15) is 74.6 Å². The van der Waals surface area contributed by atoms with Gasteiger partial charge >= 0.3 is 5.76 Å². The van der Waals surface area contributed by atoms with E-state index < -0.39 is 5.76 Å². The molecule has 0 radical (unpaired) electrons. The second-order valence-electron chi connectivity index (χ2n) is 11.8. The molecule has 1 saturated carbocycles. The number of hydrogen-bond acceptors (Lipinski definition) is 8. The van der Waals surface area contributed by atoms with E-state index in [-0.39, 0.29) is 23.8 Å². The van der Waals surface area contributed by atoms with Crippen molar-refractivity contribution in [2.45, 2.75) is 77.4 Å². The molecule has 1 fully saturated rings. The quantitative estimate of drug-likeness (QED) is 0.237. The fourth-order valence-corrected chi connectivity index (χ4v) is 6.45. The van der Waals surface area contributed by atoms with Gasteiger partial charge in [-0.05, 0) is 68.7 Å². The number of benzene rings is 2. The second kappa shape index (κ2) is 12.3. The topological polar surface area (TPSA) is 141 Å². The van der Waals surface area contributed by atoms with E-state index in [1.807, 2.05) is 64.5 Å². The van der Waals surface area contributed by atoms with Crippen LogP contribution in [0.2, 0.25) is 0 Å². The fraction of sp³-hybridized carbons (Fsp3) is 0.424. The lowest BCUT2D eigenvalue weighted by atomic mass is 9.83. The van der Waals surface area contributed by atoms with Gasteiger partial charge in [-0.1, -0.05) is 61.0 Å². The number of H-pyrrole nitrogens is 1. The third-order valence-electron chi connectivity index (χ3n) is 8.64. The number of nitrogens with one attached hydrogen (secondary N) is 1. The summed E-state index contributed by atoms with van der Waals surface area (Å²) in [6, 6.07) is 15.8. The van der Waals surface area contributed by atoms with Crippen LogP contribution >= 0.6 is 0 Å². The van der Waals surface area contributed by atoms with Gasteiger partial charge in [-0.3, -0.25) is 18.9 Å². The lowest BCUT2D eigenvalue weighted by Crippen LogP contribution is -2.39. The number of hydrogen-bond donors (Lipinski definition) is 2. The van der Waals surface area contributed by atoms with Crippen molar-refractivity contribution in [1.82, 2.24) is 29.3 Å². The summed E-state index contributed by atoms with van der Waals surface area (Å²) >= 11 is 0. The molecule has 0 bridgehead atoms. The highest BCUT2D eigenvalue weighted by molar-refractivity contribution is 5.81. The normalized spacial score (nSPS) is 18.7. The van der Waals surface area contributed by atoms with Crippen LogP contribution in [0.4, 0.5) is 0 Å². The molecular weight excluding hydrogens is 560 g/mol.